The number of benzene rings is 2. The van der Waals surface area contributed by atoms with Crippen molar-refractivity contribution in [1.82, 2.24) is 0 Å². The van der Waals surface area contributed by atoms with Gasteiger partial charge >= 0.3 is 0 Å². The van der Waals surface area contributed by atoms with Gasteiger partial charge in [0.05, 0.1) is 15.7 Å². The zero-order valence-electron chi connectivity index (χ0n) is 9.77. The highest BCUT2D eigenvalue weighted by molar-refractivity contribution is 9.10. The molecule has 0 aliphatic heterocycles. The van der Waals surface area contributed by atoms with Crippen molar-refractivity contribution >= 4 is 54.8 Å². The molecular formula is C12H8BrCl2NO3S. The topological polar surface area (TPSA) is 66.4 Å². The predicted octanol–water partition coefficient (Wildman–Crippen LogP) is 4.26. The fourth-order valence-electron chi connectivity index (χ4n) is 1.47. The molecule has 0 amide bonds. The highest BCUT2D eigenvalue weighted by Crippen LogP contribution is 2.30. The third kappa shape index (κ3) is 3.38. The fraction of sp³-hybridized carbons (Fsp3) is 0. The maximum Gasteiger partial charge on any atom is 0.263 e. The Labute approximate surface area is 134 Å². The second kappa shape index (κ2) is 5.81. The third-order valence-electron chi connectivity index (χ3n) is 2.38. The number of aromatic hydroxyl groups is 1. The lowest BCUT2D eigenvalue weighted by Gasteiger charge is -2.10. The van der Waals surface area contributed by atoms with E-state index < -0.39 is 10.0 Å². The Morgan fingerprint density at radius 2 is 1.75 bits per heavy atom. The van der Waals surface area contributed by atoms with Crippen LogP contribution in [0.1, 0.15) is 0 Å². The second-order valence-corrected chi connectivity index (χ2v) is 7.23. The van der Waals surface area contributed by atoms with Crippen molar-refractivity contribution in [3.05, 3.63) is 50.9 Å². The predicted molar refractivity (Wildman–Crippen MR) is 83.1 cm³/mol. The highest BCUT2D eigenvalue weighted by Gasteiger charge is 2.18. The number of phenolic OH excluding ortho intramolecular Hbond substituents is 1. The van der Waals surface area contributed by atoms with E-state index in [-0.39, 0.29) is 26.4 Å². The molecule has 0 unspecified atom stereocenters. The van der Waals surface area contributed by atoms with Crippen molar-refractivity contribution in [2.75, 3.05) is 4.72 Å². The molecule has 2 aromatic carbocycles. The van der Waals surface area contributed by atoms with E-state index in [1.54, 1.807) is 6.07 Å². The first kappa shape index (κ1) is 15.4. The number of sulfonamides is 1. The molecule has 0 aliphatic carbocycles. The lowest BCUT2D eigenvalue weighted by Crippen LogP contribution is -2.13. The summed E-state index contributed by atoms with van der Waals surface area (Å²) in [4.78, 5) is -0.0495. The summed E-state index contributed by atoms with van der Waals surface area (Å²) < 4.78 is 27.4. The molecule has 0 atom stereocenters. The van der Waals surface area contributed by atoms with Crippen LogP contribution < -0.4 is 4.72 Å². The summed E-state index contributed by atoms with van der Waals surface area (Å²) in [5.41, 5.74) is 0.229. The first-order valence-electron chi connectivity index (χ1n) is 5.26. The molecule has 0 aliphatic rings. The average Bonchev–Trinajstić information content (AvgIpc) is 2.33. The van der Waals surface area contributed by atoms with Gasteiger partial charge in [-0.3, -0.25) is 4.72 Å². The zero-order valence-corrected chi connectivity index (χ0v) is 13.7. The Bertz CT molecular complexity index is 765. The van der Waals surface area contributed by atoms with Crippen LogP contribution in [0.25, 0.3) is 0 Å². The molecule has 0 bridgehead atoms. The fourth-order valence-corrected chi connectivity index (χ4v) is 3.74. The molecule has 106 valence electrons. The normalized spacial score (nSPS) is 11.3. The minimum absolute atomic E-state index is 0.0482. The Morgan fingerprint density at radius 1 is 1.05 bits per heavy atom. The molecule has 2 N–H and O–H groups in total. The molecule has 0 saturated heterocycles. The number of anilines is 1. The molecule has 0 heterocycles. The Hall–Kier alpha value is -0.950. The molecule has 2 rings (SSSR count). The molecule has 0 radical (unpaired) electrons. The third-order valence-corrected chi connectivity index (χ3v) is 5.04. The number of phenols is 1. The van der Waals surface area contributed by atoms with Crippen molar-refractivity contribution in [1.29, 1.82) is 0 Å². The van der Waals surface area contributed by atoms with Gasteiger partial charge in [0.15, 0.2) is 0 Å². The van der Waals surface area contributed by atoms with Gasteiger partial charge in [-0.15, -0.1) is 0 Å². The van der Waals surface area contributed by atoms with Crippen LogP contribution in [0.2, 0.25) is 10.0 Å². The van der Waals surface area contributed by atoms with Crippen LogP contribution >= 0.6 is 39.1 Å². The van der Waals surface area contributed by atoms with Gasteiger partial charge in [-0.25, -0.2) is 8.42 Å². The summed E-state index contributed by atoms with van der Waals surface area (Å²) in [7, 11) is -3.83. The molecule has 20 heavy (non-hydrogen) atoms. The van der Waals surface area contributed by atoms with Crippen LogP contribution in [0.4, 0.5) is 5.69 Å². The van der Waals surface area contributed by atoms with Crippen LogP contribution in [0.3, 0.4) is 0 Å². The van der Waals surface area contributed by atoms with E-state index in [2.05, 4.69) is 20.7 Å². The Balaban J connectivity index is 2.38. The van der Waals surface area contributed by atoms with E-state index in [1.807, 2.05) is 0 Å². The number of hydrogen-bond acceptors (Lipinski definition) is 3. The van der Waals surface area contributed by atoms with Crippen molar-refractivity contribution in [3.8, 4) is 5.75 Å². The number of rotatable bonds is 3. The van der Waals surface area contributed by atoms with Gasteiger partial charge in [-0.1, -0.05) is 39.1 Å². The van der Waals surface area contributed by atoms with E-state index in [9.17, 15) is 13.5 Å². The van der Waals surface area contributed by atoms with Crippen LogP contribution in [-0.4, -0.2) is 13.5 Å². The van der Waals surface area contributed by atoms with E-state index in [4.69, 9.17) is 23.2 Å². The maximum atomic E-state index is 12.2. The van der Waals surface area contributed by atoms with Crippen LogP contribution in [0, 0.1) is 0 Å². The van der Waals surface area contributed by atoms with Crippen molar-refractivity contribution < 1.29 is 13.5 Å². The lowest BCUT2D eigenvalue weighted by atomic mass is 10.3. The maximum absolute atomic E-state index is 12.2. The number of nitrogens with one attached hydrogen (secondary N) is 1. The largest absolute Gasteiger partial charge is 0.506 e. The second-order valence-electron chi connectivity index (χ2n) is 3.85. The van der Waals surface area contributed by atoms with Gasteiger partial charge in [0.1, 0.15) is 10.6 Å². The summed E-state index contributed by atoms with van der Waals surface area (Å²) >= 11 is 14.8. The highest BCUT2D eigenvalue weighted by atomic mass is 79.9. The number of halogens is 3. The zero-order chi connectivity index (χ0) is 14.9. The molecule has 0 fully saturated rings. The smallest absolute Gasteiger partial charge is 0.263 e. The van der Waals surface area contributed by atoms with E-state index >= 15 is 0 Å². The van der Waals surface area contributed by atoms with E-state index in [0.29, 0.717) is 4.47 Å². The van der Waals surface area contributed by atoms with Gasteiger partial charge in [-0.05, 0) is 36.4 Å². The summed E-state index contributed by atoms with van der Waals surface area (Å²) in [6.45, 7) is 0. The summed E-state index contributed by atoms with van der Waals surface area (Å²) in [5, 5.41) is 9.44. The van der Waals surface area contributed by atoms with E-state index in [1.165, 1.54) is 30.3 Å². The average molecular weight is 397 g/mol. The van der Waals surface area contributed by atoms with Gasteiger partial charge in [0.2, 0.25) is 0 Å². The molecule has 0 saturated carbocycles. The quantitative estimate of drug-likeness (QED) is 0.761. The van der Waals surface area contributed by atoms with Gasteiger partial charge < -0.3 is 5.11 Å². The van der Waals surface area contributed by atoms with Crippen molar-refractivity contribution in [2.24, 2.45) is 0 Å². The molecule has 2 aromatic rings. The minimum Gasteiger partial charge on any atom is -0.506 e. The Morgan fingerprint density at radius 3 is 2.35 bits per heavy atom. The SMILES string of the molecule is O=S(=O)(Nc1ccc(O)c(Cl)c1)c1ccc(Br)cc1Cl. The van der Waals surface area contributed by atoms with Gasteiger partial charge in [-0.2, -0.15) is 0 Å². The van der Waals surface area contributed by atoms with Gasteiger partial charge in [0, 0.05) is 4.47 Å². The van der Waals surface area contributed by atoms with Gasteiger partial charge in [0.25, 0.3) is 10.0 Å². The lowest BCUT2D eigenvalue weighted by molar-refractivity contribution is 0.475. The molecule has 4 nitrogen and oxygen atoms in total. The van der Waals surface area contributed by atoms with Crippen molar-refractivity contribution in [3.63, 3.8) is 0 Å². The van der Waals surface area contributed by atoms with Crippen LogP contribution in [-0.2, 0) is 10.0 Å². The van der Waals surface area contributed by atoms with Crippen molar-refractivity contribution in [2.45, 2.75) is 4.90 Å². The monoisotopic (exact) mass is 395 g/mol. The molecular weight excluding hydrogens is 389 g/mol. The van der Waals surface area contributed by atoms with Crippen LogP contribution in [0.15, 0.2) is 45.8 Å². The first-order valence-corrected chi connectivity index (χ1v) is 8.29. The first-order chi connectivity index (χ1) is 9.29. The molecule has 8 heteroatoms. The number of hydrogen-bond donors (Lipinski definition) is 2. The van der Waals surface area contributed by atoms with Crippen LogP contribution in [0.5, 0.6) is 5.75 Å². The standard InChI is InChI=1S/C12H8BrCl2NO3S/c13-7-1-4-12(10(15)5-7)20(18,19)16-8-2-3-11(17)9(14)6-8/h1-6,16-17H. The summed E-state index contributed by atoms with van der Waals surface area (Å²) in [6.07, 6.45) is 0. The molecule has 0 spiro atoms. The minimum atomic E-state index is -3.83. The molecule has 0 aromatic heterocycles. The summed E-state index contributed by atoms with van der Waals surface area (Å²) in [5.74, 6) is -0.128. The van der Waals surface area contributed by atoms with E-state index in [0.717, 1.165) is 0 Å². The Kier molecular flexibility index (Phi) is 4.49. The summed E-state index contributed by atoms with van der Waals surface area (Å²) in [6, 6.07) is 8.44.